The standard InChI is InChI=1S/C19H13N4O4/c1-23-7-5-11(6-8-23)17-21-22-18(27-17)16-14(10-20)13-4-3-12(25-2)9-15(13)26-19(16)24/h3-9H,1-2H3/q+1. The number of hydrogen-bond acceptors (Lipinski definition) is 7. The van der Waals surface area contributed by atoms with Crippen molar-refractivity contribution >= 4 is 11.0 Å². The molecule has 0 bridgehead atoms. The third-order valence-electron chi connectivity index (χ3n) is 4.09. The Balaban J connectivity index is 1.89. The molecule has 0 unspecified atom stereocenters. The summed E-state index contributed by atoms with van der Waals surface area (Å²) in [7, 11) is 3.39. The zero-order chi connectivity index (χ0) is 19.0. The van der Waals surface area contributed by atoms with Crippen LogP contribution in [0.2, 0.25) is 0 Å². The van der Waals surface area contributed by atoms with Gasteiger partial charge in [-0.05, 0) is 12.1 Å². The zero-order valence-corrected chi connectivity index (χ0v) is 14.5. The number of nitriles is 1. The zero-order valence-electron chi connectivity index (χ0n) is 14.5. The molecule has 0 fully saturated rings. The summed E-state index contributed by atoms with van der Waals surface area (Å²) in [4.78, 5) is 12.5. The molecule has 0 radical (unpaired) electrons. The SMILES string of the molecule is COc1ccc2c(C#N)c(-c3nnc(-c4cc[n+](C)cc4)o3)c(=O)oc2c1. The van der Waals surface area contributed by atoms with E-state index in [-0.39, 0.29) is 28.5 Å². The van der Waals surface area contributed by atoms with E-state index in [1.807, 2.05) is 30.1 Å². The molecule has 0 spiro atoms. The lowest BCUT2D eigenvalue weighted by molar-refractivity contribution is -0.671. The first kappa shape index (κ1) is 16.5. The number of aryl methyl sites for hydroxylation is 1. The molecule has 0 N–H and O–H groups in total. The van der Waals surface area contributed by atoms with E-state index in [0.29, 0.717) is 16.7 Å². The van der Waals surface area contributed by atoms with Gasteiger partial charge in [-0.15, -0.1) is 10.2 Å². The van der Waals surface area contributed by atoms with Crippen molar-refractivity contribution < 1.29 is 18.1 Å². The summed E-state index contributed by atoms with van der Waals surface area (Å²) in [5, 5.41) is 18.0. The third-order valence-corrected chi connectivity index (χ3v) is 4.09. The summed E-state index contributed by atoms with van der Waals surface area (Å²) in [5.74, 6) is 0.685. The van der Waals surface area contributed by atoms with E-state index in [9.17, 15) is 10.1 Å². The fourth-order valence-electron chi connectivity index (χ4n) is 2.70. The van der Waals surface area contributed by atoms with Crippen LogP contribution in [0.5, 0.6) is 5.75 Å². The minimum Gasteiger partial charge on any atom is -0.497 e. The molecule has 4 aromatic rings. The van der Waals surface area contributed by atoms with E-state index in [4.69, 9.17) is 13.6 Å². The first-order valence-electron chi connectivity index (χ1n) is 7.95. The van der Waals surface area contributed by atoms with Gasteiger partial charge in [0, 0.05) is 23.6 Å². The lowest BCUT2D eigenvalue weighted by atomic mass is 10.1. The monoisotopic (exact) mass is 361 g/mol. The van der Waals surface area contributed by atoms with Crippen LogP contribution >= 0.6 is 0 Å². The lowest BCUT2D eigenvalue weighted by Crippen LogP contribution is -2.25. The van der Waals surface area contributed by atoms with Gasteiger partial charge in [0.2, 0.25) is 5.89 Å². The van der Waals surface area contributed by atoms with Crippen LogP contribution in [0.25, 0.3) is 33.9 Å². The number of benzene rings is 1. The molecule has 0 saturated carbocycles. The minimum absolute atomic E-state index is 0.0598. The molecular formula is C19H13N4O4+. The summed E-state index contributed by atoms with van der Waals surface area (Å²) in [6, 6.07) is 10.5. The van der Waals surface area contributed by atoms with Crippen molar-refractivity contribution in [3.05, 3.63) is 58.7 Å². The molecule has 132 valence electrons. The van der Waals surface area contributed by atoms with Crippen LogP contribution in [0.4, 0.5) is 0 Å². The van der Waals surface area contributed by atoms with Crippen LogP contribution in [0.1, 0.15) is 5.56 Å². The molecule has 8 heteroatoms. The Kier molecular flexibility index (Phi) is 3.90. The van der Waals surface area contributed by atoms with Crippen LogP contribution in [0, 0.1) is 11.3 Å². The number of fused-ring (bicyclic) bond motifs is 1. The van der Waals surface area contributed by atoms with Crippen molar-refractivity contribution in [1.82, 2.24) is 10.2 Å². The van der Waals surface area contributed by atoms with Gasteiger partial charge in [-0.3, -0.25) is 0 Å². The van der Waals surface area contributed by atoms with Gasteiger partial charge in [0.15, 0.2) is 12.4 Å². The second-order valence-electron chi connectivity index (χ2n) is 5.78. The lowest BCUT2D eigenvalue weighted by Gasteiger charge is -2.04. The number of aromatic nitrogens is 3. The highest BCUT2D eigenvalue weighted by Crippen LogP contribution is 2.29. The van der Waals surface area contributed by atoms with Crippen LogP contribution in [-0.2, 0) is 7.05 Å². The fraction of sp³-hybridized carbons (Fsp3) is 0.105. The highest BCUT2D eigenvalue weighted by Gasteiger charge is 2.22. The number of hydrogen-bond donors (Lipinski definition) is 0. The third kappa shape index (κ3) is 2.81. The molecule has 4 rings (SSSR count). The highest BCUT2D eigenvalue weighted by atomic mass is 16.5. The van der Waals surface area contributed by atoms with E-state index < -0.39 is 5.63 Å². The minimum atomic E-state index is -0.734. The van der Waals surface area contributed by atoms with Crippen LogP contribution in [0.3, 0.4) is 0 Å². The van der Waals surface area contributed by atoms with Crippen molar-refractivity contribution in [3.8, 4) is 34.7 Å². The number of nitrogens with zero attached hydrogens (tertiary/aromatic N) is 4. The summed E-state index contributed by atoms with van der Waals surface area (Å²) < 4.78 is 18.0. The summed E-state index contributed by atoms with van der Waals surface area (Å²) >= 11 is 0. The maximum absolute atomic E-state index is 12.5. The topological polar surface area (TPSA) is 106 Å². The van der Waals surface area contributed by atoms with Gasteiger partial charge in [-0.2, -0.15) is 5.26 Å². The number of rotatable bonds is 3. The molecule has 1 aromatic carbocycles. The summed E-state index contributed by atoms with van der Waals surface area (Å²) in [6.07, 6.45) is 3.66. The Bertz CT molecular complexity index is 1250. The number of pyridine rings is 1. The molecular weight excluding hydrogens is 348 g/mol. The molecule has 0 saturated heterocycles. The first-order chi connectivity index (χ1) is 13.1. The Morgan fingerprint density at radius 3 is 2.56 bits per heavy atom. The average molecular weight is 361 g/mol. The molecule has 3 aromatic heterocycles. The van der Waals surface area contributed by atoms with E-state index in [1.165, 1.54) is 7.11 Å². The van der Waals surface area contributed by atoms with Crippen molar-refractivity contribution in [2.75, 3.05) is 7.11 Å². The molecule has 3 heterocycles. The van der Waals surface area contributed by atoms with Gasteiger partial charge in [0.25, 0.3) is 5.89 Å². The van der Waals surface area contributed by atoms with Crippen molar-refractivity contribution in [2.24, 2.45) is 7.05 Å². The van der Waals surface area contributed by atoms with E-state index in [2.05, 4.69) is 10.2 Å². The molecule has 0 atom stereocenters. The maximum Gasteiger partial charge on any atom is 0.350 e. The normalized spacial score (nSPS) is 10.7. The molecule has 0 aliphatic rings. The van der Waals surface area contributed by atoms with Gasteiger partial charge >= 0.3 is 5.63 Å². The quantitative estimate of drug-likeness (QED) is 0.407. The second kappa shape index (κ2) is 6.38. The predicted molar refractivity (Wildman–Crippen MR) is 93.7 cm³/mol. The fourth-order valence-corrected chi connectivity index (χ4v) is 2.70. The van der Waals surface area contributed by atoms with Gasteiger partial charge in [-0.1, -0.05) is 0 Å². The molecule has 0 aliphatic heterocycles. The van der Waals surface area contributed by atoms with Crippen molar-refractivity contribution in [3.63, 3.8) is 0 Å². The van der Waals surface area contributed by atoms with Crippen molar-refractivity contribution in [2.45, 2.75) is 0 Å². The van der Waals surface area contributed by atoms with Gasteiger partial charge in [0.05, 0.1) is 18.2 Å². The Morgan fingerprint density at radius 1 is 1.11 bits per heavy atom. The maximum atomic E-state index is 12.5. The average Bonchev–Trinajstić information content (AvgIpc) is 3.16. The molecule has 8 nitrogen and oxygen atoms in total. The molecule has 0 aliphatic carbocycles. The van der Waals surface area contributed by atoms with E-state index >= 15 is 0 Å². The Morgan fingerprint density at radius 2 is 1.85 bits per heavy atom. The first-order valence-corrected chi connectivity index (χ1v) is 7.95. The number of methoxy groups -OCH3 is 1. The summed E-state index contributed by atoms with van der Waals surface area (Å²) in [5.41, 5.74) is 0.256. The van der Waals surface area contributed by atoms with Crippen LogP contribution in [-0.4, -0.2) is 17.3 Å². The van der Waals surface area contributed by atoms with Crippen molar-refractivity contribution in [1.29, 1.82) is 5.26 Å². The highest BCUT2D eigenvalue weighted by molar-refractivity contribution is 5.89. The molecule has 0 amide bonds. The Hall–Kier alpha value is -3.99. The van der Waals surface area contributed by atoms with Crippen LogP contribution in [0.15, 0.2) is 56.4 Å². The molecule has 27 heavy (non-hydrogen) atoms. The van der Waals surface area contributed by atoms with E-state index in [0.717, 1.165) is 0 Å². The van der Waals surface area contributed by atoms with Crippen LogP contribution < -0.4 is 14.9 Å². The van der Waals surface area contributed by atoms with Gasteiger partial charge < -0.3 is 13.6 Å². The summed E-state index contributed by atoms with van der Waals surface area (Å²) in [6.45, 7) is 0. The van der Waals surface area contributed by atoms with Gasteiger partial charge in [-0.25, -0.2) is 9.36 Å². The predicted octanol–water partition coefficient (Wildman–Crippen LogP) is 2.21. The second-order valence-corrected chi connectivity index (χ2v) is 5.78. The van der Waals surface area contributed by atoms with Gasteiger partial charge in [0.1, 0.15) is 30.0 Å². The number of ether oxygens (including phenoxy) is 1. The smallest absolute Gasteiger partial charge is 0.350 e. The van der Waals surface area contributed by atoms with E-state index in [1.54, 1.807) is 30.3 Å². The largest absolute Gasteiger partial charge is 0.497 e. The Labute approximate surface area is 152 Å².